The zero-order valence-corrected chi connectivity index (χ0v) is 17.0. The van der Waals surface area contributed by atoms with Crippen molar-refractivity contribution in [3.8, 4) is 5.69 Å². The van der Waals surface area contributed by atoms with Gasteiger partial charge in [0.1, 0.15) is 6.04 Å². The highest BCUT2D eigenvalue weighted by molar-refractivity contribution is 6.01. The molecule has 0 aliphatic rings. The van der Waals surface area contributed by atoms with E-state index in [9.17, 15) is 9.59 Å². The molecule has 1 unspecified atom stereocenters. The van der Waals surface area contributed by atoms with Gasteiger partial charge in [0.15, 0.2) is 0 Å². The lowest BCUT2D eigenvalue weighted by Gasteiger charge is -2.28. The first kappa shape index (κ1) is 20.3. The van der Waals surface area contributed by atoms with E-state index < -0.39 is 6.04 Å². The van der Waals surface area contributed by atoms with E-state index in [1.807, 2.05) is 67.1 Å². The van der Waals surface area contributed by atoms with Crippen molar-refractivity contribution >= 4 is 17.5 Å². The van der Waals surface area contributed by atoms with Crippen molar-refractivity contribution in [3.63, 3.8) is 0 Å². The molecular formula is C23H26N4O2. The van der Waals surface area contributed by atoms with Crippen LogP contribution in [0.2, 0.25) is 0 Å². The molecule has 1 heterocycles. The van der Waals surface area contributed by atoms with Crippen molar-refractivity contribution in [1.29, 1.82) is 0 Å². The van der Waals surface area contributed by atoms with Gasteiger partial charge in [0.25, 0.3) is 5.91 Å². The number of hydrogen-bond donors (Lipinski definition) is 1. The molecule has 6 heteroatoms. The van der Waals surface area contributed by atoms with E-state index in [2.05, 4.69) is 10.4 Å². The average molecular weight is 390 g/mol. The predicted octanol–water partition coefficient (Wildman–Crippen LogP) is 4.06. The summed E-state index contributed by atoms with van der Waals surface area (Å²) in [6.07, 6.45) is 2.50. The van der Waals surface area contributed by atoms with Crippen LogP contribution >= 0.6 is 0 Å². The second kappa shape index (κ2) is 9.19. The summed E-state index contributed by atoms with van der Waals surface area (Å²) in [5, 5.41) is 7.16. The second-order valence-electron chi connectivity index (χ2n) is 6.96. The third kappa shape index (κ3) is 4.71. The standard InChI is InChI=1S/C23H26N4O2/c1-4-16-26(18(3)22(28)25-20-8-6-5-7-9-20)23(29)19-10-12-21(13-11-19)27-17(2)14-15-24-27/h5-15,18H,4,16H2,1-3H3,(H,25,28). The van der Waals surface area contributed by atoms with Gasteiger partial charge in [-0.1, -0.05) is 25.1 Å². The molecule has 0 saturated carbocycles. The van der Waals surface area contributed by atoms with Crippen LogP contribution in [0, 0.1) is 6.92 Å². The third-order valence-corrected chi connectivity index (χ3v) is 4.80. The van der Waals surface area contributed by atoms with Gasteiger partial charge in [0.05, 0.1) is 5.69 Å². The molecule has 2 aromatic carbocycles. The number of rotatable bonds is 7. The molecule has 0 saturated heterocycles. The van der Waals surface area contributed by atoms with Crippen LogP contribution in [0.5, 0.6) is 0 Å². The van der Waals surface area contributed by atoms with Crippen LogP contribution < -0.4 is 5.32 Å². The summed E-state index contributed by atoms with van der Waals surface area (Å²) in [6, 6.07) is 17.9. The maximum Gasteiger partial charge on any atom is 0.254 e. The Bertz CT molecular complexity index is 964. The van der Waals surface area contributed by atoms with E-state index in [0.29, 0.717) is 17.8 Å². The molecule has 3 rings (SSSR count). The Kier molecular flexibility index (Phi) is 6.44. The van der Waals surface area contributed by atoms with Gasteiger partial charge in [0.2, 0.25) is 5.91 Å². The lowest BCUT2D eigenvalue weighted by molar-refractivity contribution is -0.120. The van der Waals surface area contributed by atoms with E-state index in [-0.39, 0.29) is 11.8 Å². The van der Waals surface area contributed by atoms with E-state index in [0.717, 1.165) is 17.8 Å². The van der Waals surface area contributed by atoms with Crippen LogP contribution in [0.4, 0.5) is 5.69 Å². The lowest BCUT2D eigenvalue weighted by Crippen LogP contribution is -2.46. The van der Waals surface area contributed by atoms with Crippen molar-refractivity contribution < 1.29 is 9.59 Å². The number of nitrogens with one attached hydrogen (secondary N) is 1. The topological polar surface area (TPSA) is 67.2 Å². The third-order valence-electron chi connectivity index (χ3n) is 4.80. The Hall–Kier alpha value is -3.41. The molecule has 0 fully saturated rings. The first-order chi connectivity index (χ1) is 14.0. The fraction of sp³-hybridized carbons (Fsp3) is 0.261. The number of nitrogens with zero attached hydrogens (tertiary/aromatic N) is 3. The monoisotopic (exact) mass is 390 g/mol. The highest BCUT2D eigenvalue weighted by atomic mass is 16.2. The summed E-state index contributed by atoms with van der Waals surface area (Å²) in [7, 11) is 0. The van der Waals surface area contributed by atoms with Crippen LogP contribution in [0.25, 0.3) is 5.69 Å². The van der Waals surface area contributed by atoms with Gasteiger partial charge in [-0.3, -0.25) is 9.59 Å². The van der Waals surface area contributed by atoms with Gasteiger partial charge in [-0.25, -0.2) is 4.68 Å². The van der Waals surface area contributed by atoms with Crippen LogP contribution in [-0.2, 0) is 4.79 Å². The molecule has 29 heavy (non-hydrogen) atoms. The van der Waals surface area contributed by atoms with Crippen LogP contribution in [-0.4, -0.2) is 39.1 Å². The molecule has 0 spiro atoms. The van der Waals surface area contributed by atoms with Crippen molar-refractivity contribution in [1.82, 2.24) is 14.7 Å². The van der Waals surface area contributed by atoms with E-state index in [1.54, 1.807) is 30.2 Å². The molecule has 0 radical (unpaired) electrons. The quantitative estimate of drug-likeness (QED) is 0.661. The molecule has 0 aliphatic carbocycles. The highest BCUT2D eigenvalue weighted by Gasteiger charge is 2.26. The highest BCUT2D eigenvalue weighted by Crippen LogP contribution is 2.16. The predicted molar refractivity (Wildman–Crippen MR) is 114 cm³/mol. The fourth-order valence-corrected chi connectivity index (χ4v) is 3.17. The van der Waals surface area contributed by atoms with Crippen LogP contribution in [0.15, 0.2) is 66.9 Å². The molecule has 150 valence electrons. The second-order valence-corrected chi connectivity index (χ2v) is 6.96. The number of aryl methyl sites for hydroxylation is 1. The smallest absolute Gasteiger partial charge is 0.254 e. The van der Waals surface area contributed by atoms with Crippen molar-refractivity contribution in [2.24, 2.45) is 0 Å². The SMILES string of the molecule is CCCN(C(=O)c1ccc(-n2nccc2C)cc1)C(C)C(=O)Nc1ccccc1. The summed E-state index contributed by atoms with van der Waals surface area (Å²) in [4.78, 5) is 27.4. The molecule has 1 atom stereocenters. The van der Waals surface area contributed by atoms with Gasteiger partial charge in [-0.05, 0) is 62.7 Å². The Morgan fingerprint density at radius 3 is 2.34 bits per heavy atom. The number of benzene rings is 2. The number of amides is 2. The minimum absolute atomic E-state index is 0.161. The Morgan fingerprint density at radius 1 is 1.07 bits per heavy atom. The van der Waals surface area contributed by atoms with E-state index >= 15 is 0 Å². The largest absolute Gasteiger partial charge is 0.327 e. The summed E-state index contributed by atoms with van der Waals surface area (Å²) >= 11 is 0. The molecule has 0 aliphatic heterocycles. The molecule has 3 aromatic rings. The average Bonchev–Trinajstić information content (AvgIpc) is 3.17. The Balaban J connectivity index is 1.76. The van der Waals surface area contributed by atoms with Gasteiger partial charge >= 0.3 is 0 Å². The zero-order chi connectivity index (χ0) is 20.8. The van der Waals surface area contributed by atoms with Gasteiger partial charge in [-0.15, -0.1) is 0 Å². The lowest BCUT2D eigenvalue weighted by atomic mass is 10.1. The van der Waals surface area contributed by atoms with Crippen molar-refractivity contribution in [2.75, 3.05) is 11.9 Å². The normalized spacial score (nSPS) is 11.7. The molecule has 0 bridgehead atoms. The van der Waals surface area contributed by atoms with Crippen molar-refractivity contribution in [3.05, 3.63) is 78.1 Å². The number of hydrogen-bond acceptors (Lipinski definition) is 3. The van der Waals surface area contributed by atoms with Crippen LogP contribution in [0.1, 0.15) is 36.3 Å². The van der Waals surface area contributed by atoms with E-state index in [4.69, 9.17) is 0 Å². The van der Waals surface area contributed by atoms with Crippen molar-refractivity contribution in [2.45, 2.75) is 33.2 Å². The first-order valence-electron chi connectivity index (χ1n) is 9.79. The molecule has 6 nitrogen and oxygen atoms in total. The number of para-hydroxylation sites is 1. The maximum atomic E-state index is 13.1. The molecular weight excluding hydrogens is 364 g/mol. The van der Waals surface area contributed by atoms with Gasteiger partial charge in [-0.2, -0.15) is 5.10 Å². The fourth-order valence-electron chi connectivity index (χ4n) is 3.17. The summed E-state index contributed by atoms with van der Waals surface area (Å²) in [5.41, 5.74) is 3.17. The van der Waals surface area contributed by atoms with Gasteiger partial charge < -0.3 is 10.2 Å². The summed E-state index contributed by atoms with van der Waals surface area (Å²) in [6.45, 7) is 6.23. The minimum Gasteiger partial charge on any atom is -0.327 e. The van der Waals surface area contributed by atoms with Crippen LogP contribution in [0.3, 0.4) is 0 Å². The summed E-state index contributed by atoms with van der Waals surface area (Å²) < 4.78 is 1.81. The summed E-state index contributed by atoms with van der Waals surface area (Å²) in [5.74, 6) is -0.368. The maximum absolute atomic E-state index is 13.1. The number of carbonyl (C=O) groups is 2. The Labute approximate surface area is 171 Å². The number of aromatic nitrogens is 2. The molecule has 2 amide bonds. The molecule has 1 aromatic heterocycles. The van der Waals surface area contributed by atoms with E-state index in [1.165, 1.54) is 0 Å². The Morgan fingerprint density at radius 2 is 1.76 bits per heavy atom. The zero-order valence-electron chi connectivity index (χ0n) is 17.0. The van der Waals surface area contributed by atoms with Gasteiger partial charge in [0, 0.05) is 29.7 Å². The molecule has 1 N–H and O–H groups in total. The first-order valence-corrected chi connectivity index (χ1v) is 9.79. The number of anilines is 1. The minimum atomic E-state index is -0.587. The number of carbonyl (C=O) groups excluding carboxylic acids is 2.